The maximum Gasteiger partial charge on any atom is 0.410 e. The first-order valence-corrected chi connectivity index (χ1v) is 6.82. The fraction of sp³-hybridized carbons (Fsp3) is 0.467. The Balaban J connectivity index is 1.97. The SMILES string of the molecule is COC(=O)[C@@H]1CN(C(=O)OCc2ccccc2)CC(F)(F)C1. The third-order valence-corrected chi connectivity index (χ3v) is 3.41. The van der Waals surface area contributed by atoms with Crippen molar-refractivity contribution in [3.63, 3.8) is 0 Å². The lowest BCUT2D eigenvalue weighted by Crippen LogP contribution is -2.51. The maximum atomic E-state index is 13.7. The van der Waals surface area contributed by atoms with Crippen molar-refractivity contribution in [3.05, 3.63) is 35.9 Å². The van der Waals surface area contributed by atoms with Crippen LogP contribution in [-0.2, 0) is 20.9 Å². The molecule has 1 fully saturated rings. The van der Waals surface area contributed by atoms with Crippen LogP contribution in [0.1, 0.15) is 12.0 Å². The summed E-state index contributed by atoms with van der Waals surface area (Å²) < 4.78 is 36.8. The highest BCUT2D eigenvalue weighted by molar-refractivity contribution is 5.75. The van der Waals surface area contributed by atoms with Crippen molar-refractivity contribution in [2.45, 2.75) is 19.0 Å². The van der Waals surface area contributed by atoms with Crippen LogP contribution in [0.2, 0.25) is 0 Å². The Hall–Kier alpha value is -2.18. The van der Waals surface area contributed by atoms with Gasteiger partial charge in [-0.25, -0.2) is 13.6 Å². The van der Waals surface area contributed by atoms with Gasteiger partial charge in [-0.05, 0) is 5.56 Å². The van der Waals surface area contributed by atoms with Gasteiger partial charge in [0.15, 0.2) is 0 Å². The third-order valence-electron chi connectivity index (χ3n) is 3.41. The van der Waals surface area contributed by atoms with Crippen LogP contribution >= 0.6 is 0 Å². The third kappa shape index (κ3) is 4.16. The molecule has 7 heteroatoms. The van der Waals surface area contributed by atoms with E-state index in [1.807, 2.05) is 6.07 Å². The van der Waals surface area contributed by atoms with Gasteiger partial charge in [0.2, 0.25) is 0 Å². The minimum atomic E-state index is -3.14. The lowest BCUT2D eigenvalue weighted by molar-refractivity contribution is -0.155. The quantitative estimate of drug-likeness (QED) is 0.804. The zero-order chi connectivity index (χ0) is 16.2. The van der Waals surface area contributed by atoms with Crippen LogP contribution in [0, 0.1) is 5.92 Å². The standard InChI is InChI=1S/C15H17F2NO4/c1-21-13(19)12-7-15(16,17)10-18(8-12)14(20)22-9-11-5-3-2-4-6-11/h2-6,12H,7-10H2,1H3/t12-/m0/s1. The van der Waals surface area contributed by atoms with Crippen molar-refractivity contribution in [2.75, 3.05) is 20.2 Å². The van der Waals surface area contributed by atoms with Gasteiger partial charge in [0, 0.05) is 13.0 Å². The monoisotopic (exact) mass is 313 g/mol. The molecule has 0 spiro atoms. The summed E-state index contributed by atoms with van der Waals surface area (Å²) >= 11 is 0. The molecule has 0 bridgehead atoms. The van der Waals surface area contributed by atoms with E-state index >= 15 is 0 Å². The summed E-state index contributed by atoms with van der Waals surface area (Å²) in [5, 5.41) is 0. The number of amides is 1. The number of hydrogen-bond acceptors (Lipinski definition) is 4. The normalized spacial score (nSPS) is 20.3. The van der Waals surface area contributed by atoms with Crippen molar-refractivity contribution < 1.29 is 27.8 Å². The molecule has 0 aromatic heterocycles. The number of nitrogens with zero attached hydrogens (tertiary/aromatic N) is 1. The Morgan fingerprint density at radius 1 is 1.32 bits per heavy atom. The second-order valence-electron chi connectivity index (χ2n) is 5.20. The number of likely N-dealkylation sites (tertiary alicyclic amines) is 1. The molecule has 1 aromatic carbocycles. The van der Waals surface area contributed by atoms with Crippen LogP contribution in [0.15, 0.2) is 30.3 Å². The van der Waals surface area contributed by atoms with Crippen LogP contribution in [0.25, 0.3) is 0 Å². The first kappa shape index (κ1) is 16.2. The summed E-state index contributed by atoms with van der Waals surface area (Å²) in [6, 6.07) is 8.90. The summed E-state index contributed by atoms with van der Waals surface area (Å²) in [6.45, 7) is -0.894. The molecular weight excluding hydrogens is 296 g/mol. The first-order chi connectivity index (χ1) is 10.4. The molecule has 120 valence electrons. The number of hydrogen-bond donors (Lipinski definition) is 0. The predicted molar refractivity (Wildman–Crippen MR) is 73.3 cm³/mol. The molecule has 1 saturated heterocycles. The Morgan fingerprint density at radius 2 is 2.00 bits per heavy atom. The van der Waals surface area contributed by atoms with E-state index in [2.05, 4.69) is 4.74 Å². The fourth-order valence-electron chi connectivity index (χ4n) is 2.37. The molecule has 1 aliphatic heterocycles. The molecule has 0 unspecified atom stereocenters. The minimum Gasteiger partial charge on any atom is -0.469 e. The number of carbonyl (C=O) groups is 2. The Kier molecular flexibility index (Phi) is 4.95. The Bertz CT molecular complexity index is 536. The summed E-state index contributed by atoms with van der Waals surface area (Å²) in [6.07, 6.45) is -1.49. The number of rotatable bonds is 3. The number of piperidine rings is 1. The Labute approximate surface area is 126 Å². The summed E-state index contributed by atoms with van der Waals surface area (Å²) in [7, 11) is 1.13. The van der Waals surface area contributed by atoms with Crippen molar-refractivity contribution >= 4 is 12.1 Å². The molecule has 1 aromatic rings. The number of methoxy groups -OCH3 is 1. The lowest BCUT2D eigenvalue weighted by atomic mass is 9.95. The van der Waals surface area contributed by atoms with Crippen LogP contribution in [0.3, 0.4) is 0 Å². The zero-order valence-electron chi connectivity index (χ0n) is 12.1. The summed E-state index contributed by atoms with van der Waals surface area (Å²) in [5.41, 5.74) is 0.754. The topological polar surface area (TPSA) is 55.8 Å². The summed E-state index contributed by atoms with van der Waals surface area (Å²) in [5.74, 6) is -4.93. The van der Waals surface area contributed by atoms with Gasteiger partial charge >= 0.3 is 12.1 Å². The molecule has 0 aliphatic carbocycles. The van der Waals surface area contributed by atoms with E-state index in [1.165, 1.54) is 0 Å². The number of esters is 1. The molecule has 1 heterocycles. The lowest BCUT2D eigenvalue weighted by Gasteiger charge is -2.35. The second kappa shape index (κ2) is 6.72. The van der Waals surface area contributed by atoms with E-state index in [9.17, 15) is 18.4 Å². The number of alkyl halides is 2. The number of ether oxygens (including phenoxy) is 2. The molecule has 0 N–H and O–H groups in total. The molecule has 2 rings (SSSR count). The predicted octanol–water partition coefficient (Wildman–Crippen LogP) is 2.45. The fourth-order valence-corrected chi connectivity index (χ4v) is 2.37. The van der Waals surface area contributed by atoms with Crippen molar-refractivity contribution in [2.24, 2.45) is 5.92 Å². The smallest absolute Gasteiger partial charge is 0.410 e. The van der Waals surface area contributed by atoms with Gasteiger partial charge in [-0.15, -0.1) is 0 Å². The number of halogens is 2. The van der Waals surface area contributed by atoms with Gasteiger partial charge in [-0.2, -0.15) is 0 Å². The van der Waals surface area contributed by atoms with Crippen LogP contribution in [0.4, 0.5) is 13.6 Å². The highest BCUT2D eigenvalue weighted by Crippen LogP contribution is 2.31. The highest BCUT2D eigenvalue weighted by atomic mass is 19.3. The van der Waals surface area contributed by atoms with Crippen molar-refractivity contribution in [3.8, 4) is 0 Å². The molecule has 1 amide bonds. The van der Waals surface area contributed by atoms with E-state index in [1.54, 1.807) is 24.3 Å². The van der Waals surface area contributed by atoms with E-state index in [0.717, 1.165) is 17.6 Å². The van der Waals surface area contributed by atoms with Crippen molar-refractivity contribution in [1.29, 1.82) is 0 Å². The van der Waals surface area contributed by atoms with Crippen LogP contribution in [-0.4, -0.2) is 43.1 Å². The van der Waals surface area contributed by atoms with Crippen LogP contribution < -0.4 is 0 Å². The van der Waals surface area contributed by atoms with Crippen molar-refractivity contribution in [1.82, 2.24) is 4.90 Å². The average Bonchev–Trinajstić information content (AvgIpc) is 2.51. The first-order valence-electron chi connectivity index (χ1n) is 6.82. The van der Waals surface area contributed by atoms with Gasteiger partial charge in [-0.1, -0.05) is 30.3 Å². The molecular formula is C15H17F2NO4. The van der Waals surface area contributed by atoms with Gasteiger partial charge < -0.3 is 14.4 Å². The van der Waals surface area contributed by atoms with Gasteiger partial charge in [0.05, 0.1) is 19.6 Å². The average molecular weight is 313 g/mol. The molecule has 5 nitrogen and oxygen atoms in total. The zero-order valence-corrected chi connectivity index (χ0v) is 12.1. The molecule has 1 aliphatic rings. The van der Waals surface area contributed by atoms with Gasteiger partial charge in [0.1, 0.15) is 6.61 Å². The molecule has 22 heavy (non-hydrogen) atoms. The van der Waals surface area contributed by atoms with Crippen LogP contribution in [0.5, 0.6) is 0 Å². The van der Waals surface area contributed by atoms with E-state index < -0.39 is 36.9 Å². The number of benzene rings is 1. The minimum absolute atomic E-state index is 0.00929. The maximum absolute atomic E-state index is 13.7. The Morgan fingerprint density at radius 3 is 2.64 bits per heavy atom. The molecule has 0 saturated carbocycles. The number of carbonyl (C=O) groups excluding carboxylic acids is 2. The van der Waals surface area contributed by atoms with Gasteiger partial charge in [0.25, 0.3) is 5.92 Å². The second-order valence-corrected chi connectivity index (χ2v) is 5.20. The summed E-state index contributed by atoms with van der Waals surface area (Å²) in [4.78, 5) is 24.3. The molecule has 1 atom stereocenters. The van der Waals surface area contributed by atoms with Gasteiger partial charge in [-0.3, -0.25) is 4.79 Å². The largest absolute Gasteiger partial charge is 0.469 e. The van der Waals surface area contributed by atoms with E-state index in [-0.39, 0.29) is 13.2 Å². The highest BCUT2D eigenvalue weighted by Gasteiger charge is 2.45. The van der Waals surface area contributed by atoms with E-state index in [4.69, 9.17) is 4.74 Å². The van der Waals surface area contributed by atoms with E-state index in [0.29, 0.717) is 0 Å². The molecule has 0 radical (unpaired) electrons.